The molecule has 0 spiro atoms. The van der Waals surface area contributed by atoms with Gasteiger partial charge in [-0.25, -0.2) is 9.69 Å². The molecule has 2 rings (SSSR count). The number of nitrogens with zero attached hydrogens (tertiary/aromatic N) is 3. The molecule has 1 aromatic rings. The lowest BCUT2D eigenvalue weighted by atomic mass is 10.2. The van der Waals surface area contributed by atoms with Crippen molar-refractivity contribution in [2.45, 2.75) is 13.3 Å². The molecule has 1 heterocycles. The Morgan fingerprint density at radius 1 is 1.18 bits per heavy atom. The molecule has 0 aliphatic carbocycles. The highest BCUT2D eigenvalue weighted by atomic mass is 32.1. The molecule has 1 saturated heterocycles. The third-order valence-corrected chi connectivity index (χ3v) is 4.52. The average Bonchev–Trinajstić information content (AvgIpc) is 2.55. The number of carboxylic acid groups (broad SMARTS) is 1. The standard InChI is InChI=1S/C15H19N3O2S2/c1-2-13(21)18(15(19)20)14(22)17-10-8-16(9-11-17)12-6-4-3-5-7-12/h3-7H,2,8-11H2,1H3,(H,19,20). The van der Waals surface area contributed by atoms with E-state index < -0.39 is 6.09 Å². The van der Waals surface area contributed by atoms with E-state index in [1.807, 2.05) is 30.0 Å². The second-order valence-electron chi connectivity index (χ2n) is 4.96. The lowest BCUT2D eigenvalue weighted by molar-refractivity contribution is 0.180. The number of anilines is 1. The van der Waals surface area contributed by atoms with Crippen LogP contribution in [0.5, 0.6) is 0 Å². The van der Waals surface area contributed by atoms with E-state index in [4.69, 9.17) is 24.4 Å². The van der Waals surface area contributed by atoms with E-state index in [1.165, 1.54) is 5.69 Å². The first kappa shape index (κ1) is 16.6. The van der Waals surface area contributed by atoms with Gasteiger partial charge in [0.2, 0.25) is 0 Å². The van der Waals surface area contributed by atoms with E-state index >= 15 is 0 Å². The van der Waals surface area contributed by atoms with Gasteiger partial charge in [-0.2, -0.15) is 0 Å². The number of amides is 1. The number of hydrogen-bond donors (Lipinski definition) is 1. The summed E-state index contributed by atoms with van der Waals surface area (Å²) in [4.78, 5) is 16.9. The van der Waals surface area contributed by atoms with Crippen LogP contribution in [0.15, 0.2) is 30.3 Å². The Morgan fingerprint density at radius 2 is 1.77 bits per heavy atom. The van der Waals surface area contributed by atoms with Crippen molar-refractivity contribution in [2.75, 3.05) is 31.1 Å². The maximum Gasteiger partial charge on any atom is 0.418 e. The fourth-order valence-corrected chi connectivity index (χ4v) is 2.98. The van der Waals surface area contributed by atoms with E-state index in [1.54, 1.807) is 0 Å². The van der Waals surface area contributed by atoms with Gasteiger partial charge in [0.1, 0.15) is 0 Å². The number of piperazine rings is 1. The summed E-state index contributed by atoms with van der Waals surface area (Å²) in [6.07, 6.45) is -0.631. The summed E-state index contributed by atoms with van der Waals surface area (Å²) in [6, 6.07) is 10.2. The third kappa shape index (κ3) is 3.72. The van der Waals surface area contributed by atoms with Gasteiger partial charge in [-0.1, -0.05) is 37.3 Å². The van der Waals surface area contributed by atoms with Crippen molar-refractivity contribution in [1.29, 1.82) is 0 Å². The highest BCUT2D eigenvalue weighted by Crippen LogP contribution is 2.16. The largest absolute Gasteiger partial charge is 0.464 e. The quantitative estimate of drug-likeness (QED) is 0.838. The molecule has 0 aromatic heterocycles. The van der Waals surface area contributed by atoms with Gasteiger partial charge in [-0.05, 0) is 30.8 Å². The third-order valence-electron chi connectivity index (χ3n) is 3.61. The van der Waals surface area contributed by atoms with Gasteiger partial charge in [0, 0.05) is 31.9 Å². The number of benzene rings is 1. The second kappa shape index (κ2) is 7.51. The van der Waals surface area contributed by atoms with Crippen LogP contribution in [0, 0.1) is 0 Å². The van der Waals surface area contributed by atoms with E-state index in [9.17, 15) is 9.90 Å². The molecule has 22 heavy (non-hydrogen) atoms. The van der Waals surface area contributed by atoms with Gasteiger partial charge < -0.3 is 14.9 Å². The van der Waals surface area contributed by atoms with Crippen LogP contribution < -0.4 is 4.90 Å². The summed E-state index contributed by atoms with van der Waals surface area (Å²) in [5.41, 5.74) is 1.17. The Bertz CT molecular complexity index is 557. The van der Waals surface area contributed by atoms with Crippen molar-refractivity contribution in [1.82, 2.24) is 9.80 Å². The van der Waals surface area contributed by atoms with Gasteiger partial charge in [-0.3, -0.25) is 0 Å². The molecule has 7 heteroatoms. The minimum absolute atomic E-state index is 0.284. The molecule has 1 aromatic carbocycles. The predicted octanol–water partition coefficient (Wildman–Crippen LogP) is 2.81. The number of rotatable bonds is 2. The average molecular weight is 337 g/mol. The van der Waals surface area contributed by atoms with Crippen LogP contribution in [-0.4, -0.2) is 57.3 Å². The molecule has 1 N–H and O–H groups in total. The summed E-state index contributed by atoms with van der Waals surface area (Å²) >= 11 is 10.5. The van der Waals surface area contributed by atoms with E-state index in [2.05, 4.69) is 17.0 Å². The van der Waals surface area contributed by atoms with E-state index in [0.29, 0.717) is 24.5 Å². The molecule has 118 valence electrons. The van der Waals surface area contributed by atoms with Crippen LogP contribution in [0.1, 0.15) is 13.3 Å². The molecule has 1 aliphatic rings. The van der Waals surface area contributed by atoms with Crippen LogP contribution in [0.2, 0.25) is 0 Å². The molecule has 5 nitrogen and oxygen atoms in total. The van der Waals surface area contributed by atoms with E-state index in [0.717, 1.165) is 18.0 Å². The summed E-state index contributed by atoms with van der Waals surface area (Å²) in [7, 11) is 0. The monoisotopic (exact) mass is 337 g/mol. The molecular formula is C15H19N3O2S2. The molecule has 1 fully saturated rings. The van der Waals surface area contributed by atoms with Crippen molar-refractivity contribution in [3.05, 3.63) is 30.3 Å². The maximum atomic E-state index is 11.4. The molecular weight excluding hydrogens is 318 g/mol. The zero-order chi connectivity index (χ0) is 16.1. The lowest BCUT2D eigenvalue weighted by Crippen LogP contribution is -2.54. The number of carbonyl (C=O) groups is 1. The van der Waals surface area contributed by atoms with Crippen molar-refractivity contribution < 1.29 is 9.90 Å². The zero-order valence-corrected chi connectivity index (χ0v) is 14.1. The minimum Gasteiger partial charge on any atom is -0.464 e. The van der Waals surface area contributed by atoms with Crippen LogP contribution in [0.25, 0.3) is 0 Å². The Morgan fingerprint density at radius 3 is 2.27 bits per heavy atom. The van der Waals surface area contributed by atoms with Crippen molar-refractivity contribution >= 4 is 46.3 Å². The molecule has 0 atom stereocenters. The van der Waals surface area contributed by atoms with Gasteiger partial charge in [0.05, 0.1) is 4.99 Å². The summed E-state index contributed by atoms with van der Waals surface area (Å²) < 4.78 is 0. The van der Waals surface area contributed by atoms with Crippen molar-refractivity contribution in [3.63, 3.8) is 0 Å². The van der Waals surface area contributed by atoms with Crippen molar-refractivity contribution in [2.24, 2.45) is 0 Å². The van der Waals surface area contributed by atoms with Crippen LogP contribution in [-0.2, 0) is 0 Å². The van der Waals surface area contributed by atoms with Gasteiger partial charge in [0.25, 0.3) is 0 Å². The molecule has 0 bridgehead atoms. The molecule has 1 aliphatic heterocycles. The summed E-state index contributed by atoms with van der Waals surface area (Å²) in [5, 5.41) is 9.60. The van der Waals surface area contributed by atoms with E-state index in [-0.39, 0.29) is 5.11 Å². The fraction of sp³-hybridized carbons (Fsp3) is 0.400. The smallest absolute Gasteiger partial charge is 0.418 e. The molecule has 1 amide bonds. The fourth-order valence-electron chi connectivity index (χ4n) is 2.39. The highest BCUT2D eigenvalue weighted by Gasteiger charge is 2.27. The first-order valence-corrected chi connectivity index (χ1v) is 8.01. The Labute approximate surface area is 141 Å². The topological polar surface area (TPSA) is 47.0 Å². The number of hydrogen-bond acceptors (Lipinski definition) is 4. The normalized spacial score (nSPS) is 14.6. The molecule has 0 saturated carbocycles. The van der Waals surface area contributed by atoms with Crippen LogP contribution >= 0.6 is 24.4 Å². The molecule has 0 unspecified atom stereocenters. The van der Waals surface area contributed by atoms with Crippen molar-refractivity contribution in [3.8, 4) is 0 Å². The Balaban J connectivity index is 2.00. The maximum absolute atomic E-state index is 11.4. The second-order valence-corrected chi connectivity index (χ2v) is 5.79. The van der Waals surface area contributed by atoms with Gasteiger partial charge in [-0.15, -0.1) is 0 Å². The molecule has 0 radical (unpaired) electrons. The highest BCUT2D eigenvalue weighted by molar-refractivity contribution is 7.81. The summed E-state index contributed by atoms with van der Waals surface area (Å²) in [5.74, 6) is 0. The summed E-state index contributed by atoms with van der Waals surface area (Å²) in [6.45, 7) is 4.80. The van der Waals surface area contributed by atoms with Gasteiger partial charge >= 0.3 is 6.09 Å². The van der Waals surface area contributed by atoms with Crippen LogP contribution in [0.4, 0.5) is 10.5 Å². The Kier molecular flexibility index (Phi) is 5.68. The van der Waals surface area contributed by atoms with Gasteiger partial charge in [0.15, 0.2) is 5.11 Å². The minimum atomic E-state index is -1.11. The predicted molar refractivity (Wildman–Crippen MR) is 95.6 cm³/mol. The number of para-hydroxylation sites is 1. The number of thiocarbonyl (C=S) groups is 2. The Hall–Kier alpha value is -1.73. The SMILES string of the molecule is CCC(=S)N(C(=O)O)C(=S)N1CCN(c2ccccc2)CC1. The zero-order valence-electron chi connectivity index (χ0n) is 12.4. The first-order valence-electron chi connectivity index (χ1n) is 7.19. The lowest BCUT2D eigenvalue weighted by Gasteiger charge is -2.39. The van der Waals surface area contributed by atoms with Crippen LogP contribution in [0.3, 0.4) is 0 Å². The first-order chi connectivity index (χ1) is 10.5.